The molecule has 1 rings (SSSR count). The number of rotatable bonds is 4. The standard InChI is InChI=1S/C12H17NO2/c1-9-5-4-6-11(7-9)10(2)13-8-12(14)15-3/h4-7,10,13H,8H2,1-3H3/t10-/m1/s1. The van der Waals surface area contributed by atoms with Crippen LogP contribution in [0.2, 0.25) is 0 Å². The predicted octanol–water partition coefficient (Wildman–Crippen LogP) is 1.82. The largest absolute Gasteiger partial charge is 0.468 e. The number of methoxy groups -OCH3 is 1. The van der Waals surface area contributed by atoms with Gasteiger partial charge in [0.05, 0.1) is 13.7 Å². The van der Waals surface area contributed by atoms with Gasteiger partial charge in [0, 0.05) is 6.04 Å². The van der Waals surface area contributed by atoms with Gasteiger partial charge in [-0.3, -0.25) is 4.79 Å². The maximum atomic E-state index is 10.9. The van der Waals surface area contributed by atoms with Gasteiger partial charge in [-0.25, -0.2) is 0 Å². The third-order valence-corrected chi connectivity index (χ3v) is 2.32. The zero-order chi connectivity index (χ0) is 11.3. The fourth-order valence-electron chi connectivity index (χ4n) is 1.37. The van der Waals surface area contributed by atoms with Gasteiger partial charge in [-0.05, 0) is 19.4 Å². The first-order valence-corrected chi connectivity index (χ1v) is 5.00. The van der Waals surface area contributed by atoms with Crippen molar-refractivity contribution in [3.8, 4) is 0 Å². The van der Waals surface area contributed by atoms with Gasteiger partial charge in [0.2, 0.25) is 0 Å². The van der Waals surface area contributed by atoms with Gasteiger partial charge in [-0.1, -0.05) is 29.8 Å². The molecule has 0 saturated carbocycles. The van der Waals surface area contributed by atoms with E-state index in [2.05, 4.69) is 29.1 Å². The zero-order valence-corrected chi connectivity index (χ0v) is 9.41. The average Bonchev–Trinajstić information content (AvgIpc) is 2.25. The third-order valence-electron chi connectivity index (χ3n) is 2.32. The highest BCUT2D eigenvalue weighted by Crippen LogP contribution is 2.13. The van der Waals surface area contributed by atoms with E-state index in [1.165, 1.54) is 18.2 Å². The molecule has 0 aliphatic rings. The van der Waals surface area contributed by atoms with E-state index in [0.29, 0.717) is 0 Å². The molecule has 0 radical (unpaired) electrons. The summed E-state index contributed by atoms with van der Waals surface area (Å²) in [6.07, 6.45) is 0. The maximum absolute atomic E-state index is 10.9. The second kappa shape index (κ2) is 5.51. The Labute approximate surface area is 90.4 Å². The van der Waals surface area contributed by atoms with Gasteiger partial charge in [-0.15, -0.1) is 0 Å². The van der Waals surface area contributed by atoms with E-state index in [-0.39, 0.29) is 18.6 Å². The average molecular weight is 207 g/mol. The molecule has 0 aliphatic heterocycles. The summed E-state index contributed by atoms with van der Waals surface area (Å²) in [6.45, 7) is 4.32. The second-order valence-electron chi connectivity index (χ2n) is 3.59. The summed E-state index contributed by atoms with van der Waals surface area (Å²) in [5.41, 5.74) is 2.40. The number of esters is 1. The number of carbonyl (C=O) groups excluding carboxylic acids is 1. The Morgan fingerprint density at radius 2 is 2.27 bits per heavy atom. The highest BCUT2D eigenvalue weighted by atomic mass is 16.5. The van der Waals surface area contributed by atoms with Crippen LogP contribution in [0.1, 0.15) is 24.1 Å². The summed E-state index contributed by atoms with van der Waals surface area (Å²) >= 11 is 0. The van der Waals surface area contributed by atoms with Crippen LogP contribution in [0.5, 0.6) is 0 Å². The van der Waals surface area contributed by atoms with Gasteiger partial charge in [0.1, 0.15) is 0 Å². The Morgan fingerprint density at radius 3 is 2.87 bits per heavy atom. The minimum Gasteiger partial charge on any atom is -0.468 e. The molecule has 0 fully saturated rings. The van der Waals surface area contributed by atoms with Crippen molar-refractivity contribution in [2.24, 2.45) is 0 Å². The number of aryl methyl sites for hydroxylation is 1. The van der Waals surface area contributed by atoms with E-state index in [9.17, 15) is 4.79 Å². The minimum atomic E-state index is -0.241. The number of carbonyl (C=O) groups is 1. The fraction of sp³-hybridized carbons (Fsp3) is 0.417. The van der Waals surface area contributed by atoms with Crippen LogP contribution in [0, 0.1) is 6.92 Å². The van der Waals surface area contributed by atoms with Crippen molar-refractivity contribution in [1.82, 2.24) is 5.32 Å². The van der Waals surface area contributed by atoms with E-state index in [0.717, 1.165) is 0 Å². The number of benzene rings is 1. The number of hydrogen-bond donors (Lipinski definition) is 1. The summed E-state index contributed by atoms with van der Waals surface area (Å²) < 4.78 is 4.56. The molecule has 1 aromatic rings. The molecule has 0 unspecified atom stereocenters. The normalized spacial score (nSPS) is 12.2. The Morgan fingerprint density at radius 1 is 1.53 bits per heavy atom. The van der Waals surface area contributed by atoms with E-state index in [4.69, 9.17) is 0 Å². The van der Waals surface area contributed by atoms with E-state index in [1.54, 1.807) is 0 Å². The van der Waals surface area contributed by atoms with Crippen molar-refractivity contribution >= 4 is 5.97 Å². The van der Waals surface area contributed by atoms with E-state index in [1.807, 2.05) is 19.1 Å². The lowest BCUT2D eigenvalue weighted by Crippen LogP contribution is -2.26. The van der Waals surface area contributed by atoms with Gasteiger partial charge in [-0.2, -0.15) is 0 Å². The van der Waals surface area contributed by atoms with Crippen LogP contribution in [-0.2, 0) is 9.53 Å². The van der Waals surface area contributed by atoms with Crippen molar-refractivity contribution in [3.63, 3.8) is 0 Å². The smallest absolute Gasteiger partial charge is 0.319 e. The number of nitrogens with one attached hydrogen (secondary N) is 1. The SMILES string of the molecule is COC(=O)CN[C@H](C)c1cccc(C)c1. The molecule has 0 spiro atoms. The predicted molar refractivity (Wildman–Crippen MR) is 59.6 cm³/mol. The lowest BCUT2D eigenvalue weighted by molar-refractivity contribution is -0.139. The summed E-state index contributed by atoms with van der Waals surface area (Å²) in [5.74, 6) is -0.241. The van der Waals surface area contributed by atoms with Gasteiger partial charge in [0.25, 0.3) is 0 Å². The number of hydrogen-bond acceptors (Lipinski definition) is 3. The van der Waals surface area contributed by atoms with Gasteiger partial charge >= 0.3 is 5.97 Å². The highest BCUT2D eigenvalue weighted by molar-refractivity contribution is 5.71. The van der Waals surface area contributed by atoms with Crippen LogP contribution < -0.4 is 5.32 Å². The lowest BCUT2D eigenvalue weighted by Gasteiger charge is -2.13. The van der Waals surface area contributed by atoms with Crippen LogP contribution in [0.15, 0.2) is 24.3 Å². The molecule has 0 heterocycles. The quantitative estimate of drug-likeness (QED) is 0.765. The number of ether oxygens (including phenoxy) is 1. The molecule has 1 aromatic carbocycles. The van der Waals surface area contributed by atoms with E-state index < -0.39 is 0 Å². The Balaban J connectivity index is 2.53. The van der Waals surface area contributed by atoms with Crippen LogP contribution in [0.3, 0.4) is 0 Å². The molecule has 0 bridgehead atoms. The molecule has 82 valence electrons. The lowest BCUT2D eigenvalue weighted by atomic mass is 10.1. The summed E-state index contributed by atoms with van der Waals surface area (Å²) in [4.78, 5) is 10.9. The molecule has 0 aliphatic carbocycles. The maximum Gasteiger partial charge on any atom is 0.319 e. The molecule has 3 heteroatoms. The van der Waals surface area contributed by atoms with Crippen LogP contribution >= 0.6 is 0 Å². The van der Waals surface area contributed by atoms with Gasteiger partial charge < -0.3 is 10.1 Å². The molecule has 15 heavy (non-hydrogen) atoms. The van der Waals surface area contributed by atoms with Crippen LogP contribution in [0.4, 0.5) is 0 Å². The molecular formula is C12H17NO2. The van der Waals surface area contributed by atoms with Crippen LogP contribution in [-0.4, -0.2) is 19.6 Å². The Bertz CT molecular complexity index is 336. The fourth-order valence-corrected chi connectivity index (χ4v) is 1.37. The Hall–Kier alpha value is -1.35. The molecule has 0 amide bonds. The van der Waals surface area contributed by atoms with Crippen molar-refractivity contribution in [2.75, 3.05) is 13.7 Å². The minimum absolute atomic E-state index is 0.156. The third kappa shape index (κ3) is 3.72. The van der Waals surface area contributed by atoms with Crippen molar-refractivity contribution in [3.05, 3.63) is 35.4 Å². The van der Waals surface area contributed by atoms with Crippen LogP contribution in [0.25, 0.3) is 0 Å². The summed E-state index contributed by atoms with van der Waals surface area (Å²) in [5, 5.41) is 3.10. The first-order chi connectivity index (χ1) is 7.13. The first-order valence-electron chi connectivity index (χ1n) is 5.00. The first kappa shape index (κ1) is 11.7. The molecular weight excluding hydrogens is 190 g/mol. The van der Waals surface area contributed by atoms with Crippen molar-refractivity contribution in [1.29, 1.82) is 0 Å². The van der Waals surface area contributed by atoms with Crippen molar-refractivity contribution in [2.45, 2.75) is 19.9 Å². The molecule has 1 N–H and O–H groups in total. The van der Waals surface area contributed by atoms with E-state index >= 15 is 0 Å². The second-order valence-corrected chi connectivity index (χ2v) is 3.59. The molecule has 0 aromatic heterocycles. The molecule has 3 nitrogen and oxygen atoms in total. The topological polar surface area (TPSA) is 38.3 Å². The molecule has 0 saturated heterocycles. The Kier molecular flexibility index (Phi) is 4.31. The van der Waals surface area contributed by atoms with Gasteiger partial charge in [0.15, 0.2) is 0 Å². The zero-order valence-electron chi connectivity index (χ0n) is 9.41. The summed E-state index contributed by atoms with van der Waals surface area (Å²) in [6, 6.07) is 8.37. The highest BCUT2D eigenvalue weighted by Gasteiger charge is 2.07. The summed E-state index contributed by atoms with van der Waals surface area (Å²) in [7, 11) is 1.39. The molecule has 1 atom stereocenters. The monoisotopic (exact) mass is 207 g/mol. The van der Waals surface area contributed by atoms with Crippen molar-refractivity contribution < 1.29 is 9.53 Å².